The first kappa shape index (κ1) is 21.6. The third-order valence-electron chi connectivity index (χ3n) is 5.12. The first-order valence-corrected chi connectivity index (χ1v) is 10.8. The fourth-order valence-corrected chi connectivity index (χ4v) is 3.73. The monoisotopic (exact) mass is 426 g/mol. The smallest absolute Gasteiger partial charge is 0.410 e. The van der Waals surface area contributed by atoms with Gasteiger partial charge in [0.05, 0.1) is 25.5 Å². The third kappa shape index (κ3) is 5.74. The number of carbonyl (C=O) groups is 1. The van der Waals surface area contributed by atoms with Crippen LogP contribution in [0.3, 0.4) is 0 Å². The number of carbonyl (C=O) groups excluding carboxylic acids is 1. The van der Waals surface area contributed by atoms with Gasteiger partial charge in [0.1, 0.15) is 11.7 Å². The van der Waals surface area contributed by atoms with Crippen LogP contribution < -0.4 is 4.74 Å². The second-order valence-corrected chi connectivity index (χ2v) is 8.87. The maximum Gasteiger partial charge on any atom is 0.410 e. The molecule has 0 N–H and O–H groups in total. The van der Waals surface area contributed by atoms with Gasteiger partial charge in [-0.3, -0.25) is 0 Å². The van der Waals surface area contributed by atoms with Crippen LogP contribution in [0.25, 0.3) is 11.3 Å². The Kier molecular flexibility index (Phi) is 6.43. The summed E-state index contributed by atoms with van der Waals surface area (Å²) in [6.07, 6.45) is 1.01. The predicted octanol–water partition coefficient (Wildman–Crippen LogP) is 4.57. The van der Waals surface area contributed by atoms with E-state index in [0.717, 1.165) is 29.7 Å². The maximum atomic E-state index is 12.4. The minimum absolute atomic E-state index is 0.115. The molecule has 166 valence electrons. The number of hydrogen-bond acceptors (Lipinski definition) is 6. The number of amides is 1. The van der Waals surface area contributed by atoms with Crippen LogP contribution in [-0.4, -0.2) is 54.0 Å². The molecule has 1 atom stereocenters. The number of likely N-dealkylation sites (tertiary alicyclic amines) is 1. The molecule has 1 aromatic heterocycles. The molecule has 2 aromatic rings. The van der Waals surface area contributed by atoms with Gasteiger partial charge in [-0.15, -0.1) is 0 Å². The molecule has 0 saturated carbocycles. The number of hydrogen-bond donors (Lipinski definition) is 0. The number of nitrogens with zero attached hydrogens (tertiary/aromatic N) is 2. The van der Waals surface area contributed by atoms with Crippen LogP contribution in [0.4, 0.5) is 4.79 Å². The normalized spacial score (nSPS) is 20.0. The molecule has 1 unspecified atom stereocenters. The van der Waals surface area contributed by atoms with E-state index in [9.17, 15) is 4.79 Å². The highest BCUT2D eigenvalue weighted by atomic mass is 16.7. The predicted molar refractivity (Wildman–Crippen MR) is 116 cm³/mol. The van der Waals surface area contributed by atoms with Crippen molar-refractivity contribution >= 4 is 6.09 Å². The van der Waals surface area contributed by atoms with E-state index in [1.807, 2.05) is 63.2 Å². The highest BCUT2D eigenvalue weighted by Crippen LogP contribution is 2.28. The SMILES string of the molecule is CC(C)(C)OC(=O)N1CCCC(Oc2cccc(-c3cccc(C4OCCO4)c3)n2)C1. The van der Waals surface area contributed by atoms with E-state index in [1.165, 1.54) is 0 Å². The first-order valence-electron chi connectivity index (χ1n) is 10.8. The molecule has 2 aliphatic rings. The number of aromatic nitrogens is 1. The Morgan fingerprint density at radius 3 is 2.68 bits per heavy atom. The fraction of sp³-hybridized carbons (Fsp3) is 0.500. The molecule has 2 saturated heterocycles. The lowest BCUT2D eigenvalue weighted by atomic mass is 10.1. The molecule has 0 spiro atoms. The van der Waals surface area contributed by atoms with Gasteiger partial charge in [-0.25, -0.2) is 9.78 Å². The molecule has 31 heavy (non-hydrogen) atoms. The van der Waals surface area contributed by atoms with Crippen LogP contribution in [0.5, 0.6) is 5.88 Å². The van der Waals surface area contributed by atoms with Gasteiger partial charge in [-0.05, 0) is 45.7 Å². The number of pyridine rings is 1. The molecule has 1 aromatic carbocycles. The quantitative estimate of drug-likeness (QED) is 0.713. The average molecular weight is 427 g/mol. The van der Waals surface area contributed by atoms with E-state index in [0.29, 0.717) is 32.2 Å². The highest BCUT2D eigenvalue weighted by molar-refractivity contribution is 5.68. The van der Waals surface area contributed by atoms with Gasteiger partial charge < -0.3 is 23.8 Å². The maximum absolute atomic E-state index is 12.4. The zero-order chi connectivity index (χ0) is 21.8. The minimum atomic E-state index is -0.510. The van der Waals surface area contributed by atoms with Crippen molar-refractivity contribution in [1.29, 1.82) is 0 Å². The second-order valence-electron chi connectivity index (χ2n) is 8.87. The molecule has 7 nitrogen and oxygen atoms in total. The van der Waals surface area contributed by atoms with Gasteiger partial charge in [0, 0.05) is 23.7 Å². The van der Waals surface area contributed by atoms with Crippen LogP contribution in [0.15, 0.2) is 42.5 Å². The Labute approximate surface area is 183 Å². The number of benzene rings is 1. The summed E-state index contributed by atoms with van der Waals surface area (Å²) in [5.74, 6) is 0.548. The summed E-state index contributed by atoms with van der Waals surface area (Å²) >= 11 is 0. The Morgan fingerprint density at radius 1 is 1.13 bits per heavy atom. The van der Waals surface area contributed by atoms with Gasteiger partial charge in [-0.2, -0.15) is 0 Å². The molecule has 3 heterocycles. The van der Waals surface area contributed by atoms with Crippen molar-refractivity contribution in [1.82, 2.24) is 9.88 Å². The van der Waals surface area contributed by atoms with Crippen molar-refractivity contribution in [3.63, 3.8) is 0 Å². The molecule has 0 radical (unpaired) electrons. The van der Waals surface area contributed by atoms with E-state index in [2.05, 4.69) is 0 Å². The lowest BCUT2D eigenvalue weighted by Crippen LogP contribution is -2.46. The molecule has 2 aliphatic heterocycles. The molecule has 0 bridgehead atoms. The van der Waals surface area contributed by atoms with Crippen molar-refractivity contribution in [2.45, 2.75) is 51.6 Å². The summed E-state index contributed by atoms with van der Waals surface area (Å²) in [6, 6.07) is 13.8. The van der Waals surface area contributed by atoms with Gasteiger partial charge >= 0.3 is 6.09 Å². The number of piperidine rings is 1. The fourth-order valence-electron chi connectivity index (χ4n) is 3.73. The molecule has 2 fully saturated rings. The summed E-state index contributed by atoms with van der Waals surface area (Å²) in [7, 11) is 0. The number of ether oxygens (including phenoxy) is 4. The summed E-state index contributed by atoms with van der Waals surface area (Å²) in [5.41, 5.74) is 2.26. The summed E-state index contributed by atoms with van der Waals surface area (Å²) in [5, 5.41) is 0. The van der Waals surface area contributed by atoms with Crippen molar-refractivity contribution in [3.05, 3.63) is 48.0 Å². The van der Waals surface area contributed by atoms with E-state index < -0.39 is 5.60 Å². The van der Waals surface area contributed by atoms with E-state index in [-0.39, 0.29) is 18.5 Å². The Morgan fingerprint density at radius 2 is 1.90 bits per heavy atom. The van der Waals surface area contributed by atoms with Gasteiger partial charge in [0.2, 0.25) is 5.88 Å². The van der Waals surface area contributed by atoms with Crippen molar-refractivity contribution in [2.24, 2.45) is 0 Å². The van der Waals surface area contributed by atoms with Gasteiger partial charge in [0.15, 0.2) is 6.29 Å². The summed E-state index contributed by atoms with van der Waals surface area (Å²) in [6.45, 7) is 8.01. The van der Waals surface area contributed by atoms with Crippen LogP contribution in [0, 0.1) is 0 Å². The average Bonchev–Trinajstić information content (AvgIpc) is 3.28. The van der Waals surface area contributed by atoms with Crippen LogP contribution in [0.1, 0.15) is 45.5 Å². The zero-order valence-electron chi connectivity index (χ0n) is 18.4. The van der Waals surface area contributed by atoms with E-state index in [4.69, 9.17) is 23.9 Å². The standard InChI is InChI=1S/C24H30N2O5/c1-24(2,3)31-23(27)26-12-6-9-19(16-26)30-21-11-5-10-20(25-21)17-7-4-8-18(15-17)22-28-13-14-29-22/h4-5,7-8,10-11,15,19,22H,6,9,12-14,16H2,1-3H3. The second kappa shape index (κ2) is 9.24. The van der Waals surface area contributed by atoms with Crippen LogP contribution >= 0.6 is 0 Å². The van der Waals surface area contributed by atoms with Crippen LogP contribution in [-0.2, 0) is 14.2 Å². The number of rotatable bonds is 4. The van der Waals surface area contributed by atoms with Crippen molar-refractivity contribution in [3.8, 4) is 17.1 Å². The Bertz CT molecular complexity index is 905. The first-order chi connectivity index (χ1) is 14.9. The molecule has 0 aliphatic carbocycles. The summed E-state index contributed by atoms with van der Waals surface area (Å²) in [4.78, 5) is 18.8. The van der Waals surface area contributed by atoms with E-state index in [1.54, 1.807) is 4.90 Å². The third-order valence-corrected chi connectivity index (χ3v) is 5.12. The molecule has 1 amide bonds. The lowest BCUT2D eigenvalue weighted by molar-refractivity contribution is -0.0440. The summed E-state index contributed by atoms with van der Waals surface area (Å²) < 4.78 is 22.9. The van der Waals surface area contributed by atoms with Gasteiger partial charge in [0.25, 0.3) is 0 Å². The van der Waals surface area contributed by atoms with Crippen LogP contribution in [0.2, 0.25) is 0 Å². The van der Waals surface area contributed by atoms with E-state index >= 15 is 0 Å². The minimum Gasteiger partial charge on any atom is -0.472 e. The van der Waals surface area contributed by atoms with Gasteiger partial charge in [-0.1, -0.05) is 24.3 Å². The molecule has 7 heteroatoms. The lowest BCUT2D eigenvalue weighted by Gasteiger charge is -2.34. The Hall–Kier alpha value is -2.64. The molecular weight excluding hydrogens is 396 g/mol. The topological polar surface area (TPSA) is 70.1 Å². The highest BCUT2D eigenvalue weighted by Gasteiger charge is 2.29. The molecular formula is C24H30N2O5. The van der Waals surface area contributed by atoms with Crippen molar-refractivity contribution < 1.29 is 23.7 Å². The zero-order valence-corrected chi connectivity index (χ0v) is 18.4. The Balaban J connectivity index is 1.43. The largest absolute Gasteiger partial charge is 0.472 e. The van der Waals surface area contributed by atoms with Crippen molar-refractivity contribution in [2.75, 3.05) is 26.3 Å². The molecule has 4 rings (SSSR count).